The number of aromatic nitrogens is 2. The molecule has 0 spiro atoms. The second-order valence-corrected chi connectivity index (χ2v) is 5.42. The van der Waals surface area contributed by atoms with Crippen molar-refractivity contribution in [3.63, 3.8) is 0 Å². The molecule has 2 heterocycles. The average molecular weight is 330 g/mol. The Hall–Kier alpha value is -0.940. The topological polar surface area (TPSA) is 37.8 Å². The van der Waals surface area contributed by atoms with E-state index in [-0.39, 0.29) is 0 Å². The minimum atomic E-state index is 1.12. The van der Waals surface area contributed by atoms with Crippen LogP contribution in [-0.2, 0) is 6.42 Å². The summed E-state index contributed by atoms with van der Waals surface area (Å²) in [6, 6.07) is 0. The van der Waals surface area contributed by atoms with Gasteiger partial charge in [0.2, 0.25) is 0 Å². The minimum Gasteiger partial charge on any atom is -0.379 e. The molecule has 0 radical (unpaired) electrons. The summed E-state index contributed by atoms with van der Waals surface area (Å²) in [5.41, 5.74) is 3.73. The SMILES string of the molecule is CC.CC.CCc1sncc1C.CNc1snc(C)c1C. The Bertz CT molecular complexity index is 462. The molecular weight excluding hydrogens is 298 g/mol. The van der Waals surface area contributed by atoms with Crippen LogP contribution in [0.25, 0.3) is 0 Å². The maximum atomic E-state index is 4.17. The molecule has 0 amide bonds. The molecule has 0 fully saturated rings. The molecule has 0 unspecified atom stereocenters. The molecule has 0 aromatic carbocycles. The summed E-state index contributed by atoms with van der Waals surface area (Å²) in [5.74, 6) is 0. The van der Waals surface area contributed by atoms with Crippen LogP contribution in [-0.4, -0.2) is 15.8 Å². The van der Waals surface area contributed by atoms with Crippen molar-refractivity contribution in [3.8, 4) is 0 Å². The third kappa shape index (κ3) is 8.17. The number of nitrogens with zero attached hydrogens (tertiary/aromatic N) is 2. The molecule has 0 saturated carbocycles. The molecule has 0 atom stereocenters. The number of aryl methyl sites for hydroxylation is 3. The van der Waals surface area contributed by atoms with Gasteiger partial charge in [0, 0.05) is 23.7 Å². The van der Waals surface area contributed by atoms with Crippen molar-refractivity contribution in [2.24, 2.45) is 0 Å². The van der Waals surface area contributed by atoms with Crippen molar-refractivity contribution in [2.75, 3.05) is 12.4 Å². The molecule has 0 saturated heterocycles. The highest BCUT2D eigenvalue weighted by Crippen LogP contribution is 2.21. The smallest absolute Gasteiger partial charge is 0.112 e. The third-order valence-corrected chi connectivity index (χ3v) is 4.65. The fraction of sp³-hybridized carbons (Fsp3) is 0.625. The van der Waals surface area contributed by atoms with Gasteiger partial charge in [0.15, 0.2) is 0 Å². The van der Waals surface area contributed by atoms with Gasteiger partial charge in [-0.2, -0.15) is 4.37 Å². The molecule has 0 aliphatic rings. The van der Waals surface area contributed by atoms with E-state index in [1.165, 1.54) is 32.5 Å². The second kappa shape index (κ2) is 14.0. The zero-order chi connectivity index (χ0) is 16.8. The average Bonchev–Trinajstić information content (AvgIpc) is 3.10. The van der Waals surface area contributed by atoms with Crippen LogP contribution in [0.2, 0.25) is 0 Å². The summed E-state index contributed by atoms with van der Waals surface area (Å²) in [6.45, 7) is 16.3. The van der Waals surface area contributed by atoms with Gasteiger partial charge >= 0.3 is 0 Å². The molecule has 2 aromatic heterocycles. The number of rotatable bonds is 2. The standard InChI is InChI=1S/C6H10N2S.C6H9NS.2C2H6/c1-4-5(2)8-9-6(4)7-3;1-3-6-5(2)4-7-8-6;2*1-2/h7H,1-3H3;4H,3H2,1-2H3;2*1-2H3. The molecule has 2 rings (SSSR count). The summed E-state index contributed by atoms with van der Waals surface area (Å²) >= 11 is 3.11. The van der Waals surface area contributed by atoms with Gasteiger partial charge < -0.3 is 5.32 Å². The Balaban J connectivity index is 0. The van der Waals surface area contributed by atoms with Crippen LogP contribution in [0.15, 0.2) is 6.20 Å². The minimum absolute atomic E-state index is 1.12. The monoisotopic (exact) mass is 329 g/mol. The first kappa shape index (κ1) is 22.3. The second-order valence-electron chi connectivity index (χ2n) is 3.76. The van der Waals surface area contributed by atoms with Crippen LogP contribution in [0.5, 0.6) is 0 Å². The zero-order valence-corrected chi connectivity index (χ0v) is 16.6. The highest BCUT2D eigenvalue weighted by atomic mass is 32.1. The first-order valence-electron chi connectivity index (χ1n) is 7.60. The van der Waals surface area contributed by atoms with Crippen molar-refractivity contribution < 1.29 is 0 Å². The predicted octanol–water partition coefficient (Wildman–Crippen LogP) is 5.87. The van der Waals surface area contributed by atoms with Gasteiger partial charge in [-0.05, 0) is 55.8 Å². The van der Waals surface area contributed by atoms with Crippen LogP contribution >= 0.6 is 23.1 Å². The lowest BCUT2D eigenvalue weighted by atomic mass is 10.3. The predicted molar refractivity (Wildman–Crippen MR) is 100 cm³/mol. The van der Waals surface area contributed by atoms with Crippen LogP contribution < -0.4 is 5.32 Å². The van der Waals surface area contributed by atoms with Crippen molar-refractivity contribution >= 4 is 28.1 Å². The van der Waals surface area contributed by atoms with E-state index in [2.05, 4.69) is 34.8 Å². The third-order valence-electron chi connectivity index (χ3n) is 2.55. The molecule has 3 nitrogen and oxygen atoms in total. The van der Waals surface area contributed by atoms with Gasteiger partial charge in [-0.25, -0.2) is 4.37 Å². The summed E-state index contributed by atoms with van der Waals surface area (Å²) < 4.78 is 8.20. The van der Waals surface area contributed by atoms with Gasteiger partial charge in [0.05, 0.1) is 5.69 Å². The zero-order valence-electron chi connectivity index (χ0n) is 15.0. The largest absolute Gasteiger partial charge is 0.379 e. The van der Waals surface area contributed by atoms with Crippen LogP contribution in [0, 0.1) is 20.8 Å². The van der Waals surface area contributed by atoms with Crippen molar-refractivity contribution in [1.82, 2.24) is 8.75 Å². The van der Waals surface area contributed by atoms with E-state index in [9.17, 15) is 0 Å². The highest BCUT2D eigenvalue weighted by Gasteiger charge is 2.01. The summed E-state index contributed by atoms with van der Waals surface area (Å²) in [5, 5.41) is 4.25. The molecular formula is C16H31N3S2. The van der Waals surface area contributed by atoms with E-state index < -0.39 is 0 Å². The number of hydrogen-bond donors (Lipinski definition) is 1. The Morgan fingerprint density at radius 2 is 1.62 bits per heavy atom. The van der Waals surface area contributed by atoms with Crippen LogP contribution in [0.4, 0.5) is 5.00 Å². The van der Waals surface area contributed by atoms with Gasteiger partial charge in [0.1, 0.15) is 5.00 Å². The van der Waals surface area contributed by atoms with Crippen LogP contribution in [0.1, 0.15) is 56.3 Å². The molecule has 0 aliphatic carbocycles. The Kier molecular flexibility index (Phi) is 14.9. The Morgan fingerprint density at radius 3 is 1.81 bits per heavy atom. The Morgan fingerprint density at radius 1 is 1.05 bits per heavy atom. The van der Waals surface area contributed by atoms with E-state index >= 15 is 0 Å². The quantitative estimate of drug-likeness (QED) is 0.749. The van der Waals surface area contributed by atoms with Crippen LogP contribution in [0.3, 0.4) is 0 Å². The van der Waals surface area contributed by atoms with Gasteiger partial charge in [-0.15, -0.1) is 0 Å². The molecule has 1 N–H and O–H groups in total. The van der Waals surface area contributed by atoms with E-state index in [4.69, 9.17) is 0 Å². The van der Waals surface area contributed by atoms with Crippen molar-refractivity contribution in [3.05, 3.63) is 27.9 Å². The highest BCUT2D eigenvalue weighted by molar-refractivity contribution is 7.10. The summed E-state index contributed by atoms with van der Waals surface area (Å²) in [7, 11) is 1.92. The van der Waals surface area contributed by atoms with E-state index in [0.29, 0.717) is 0 Å². The van der Waals surface area contributed by atoms with E-state index in [1.54, 1.807) is 11.5 Å². The molecule has 0 bridgehead atoms. The number of anilines is 1. The maximum Gasteiger partial charge on any atom is 0.112 e. The van der Waals surface area contributed by atoms with Crippen molar-refractivity contribution in [1.29, 1.82) is 0 Å². The maximum absolute atomic E-state index is 4.17. The first-order chi connectivity index (χ1) is 10.1. The Labute approximate surface area is 139 Å². The number of nitrogens with one attached hydrogen (secondary N) is 1. The molecule has 5 heteroatoms. The molecule has 2 aromatic rings. The molecule has 0 aliphatic heterocycles. The van der Waals surface area contributed by atoms with Gasteiger partial charge in [-0.1, -0.05) is 34.6 Å². The van der Waals surface area contributed by atoms with Crippen molar-refractivity contribution in [2.45, 2.75) is 61.8 Å². The fourth-order valence-electron chi connectivity index (χ4n) is 1.30. The van der Waals surface area contributed by atoms with Gasteiger partial charge in [-0.3, -0.25) is 0 Å². The van der Waals surface area contributed by atoms with E-state index in [1.807, 2.05) is 47.9 Å². The lowest BCUT2D eigenvalue weighted by Crippen LogP contribution is -1.85. The van der Waals surface area contributed by atoms with E-state index in [0.717, 1.165) is 12.1 Å². The lowest BCUT2D eigenvalue weighted by molar-refractivity contribution is 1.16. The summed E-state index contributed by atoms with van der Waals surface area (Å²) in [6.07, 6.45) is 3.04. The first-order valence-corrected chi connectivity index (χ1v) is 9.15. The summed E-state index contributed by atoms with van der Waals surface area (Å²) in [4.78, 5) is 1.41. The molecule has 122 valence electrons. The lowest BCUT2D eigenvalue weighted by Gasteiger charge is -1.92. The normalized spacial score (nSPS) is 8.43. The fourth-order valence-corrected chi connectivity index (χ4v) is 2.71. The van der Waals surface area contributed by atoms with Gasteiger partial charge in [0.25, 0.3) is 0 Å². The molecule has 21 heavy (non-hydrogen) atoms. The number of hydrogen-bond acceptors (Lipinski definition) is 5.